The number of benzene rings is 2. The first-order valence-corrected chi connectivity index (χ1v) is 7.40. The van der Waals surface area contributed by atoms with Gasteiger partial charge in [-0.2, -0.15) is 5.26 Å². The molecular weight excluding hydrogens is 382 g/mol. The second-order valence-corrected chi connectivity index (χ2v) is 5.57. The number of para-hydroxylation sites is 1. The highest BCUT2D eigenvalue weighted by molar-refractivity contribution is 14.1. The molecule has 0 N–H and O–H groups in total. The lowest BCUT2D eigenvalue weighted by molar-refractivity contribution is 0.0986. The number of amides is 1. The fourth-order valence-electron chi connectivity index (χ4n) is 1.91. The second kappa shape index (κ2) is 7.18. The van der Waals surface area contributed by atoms with Crippen molar-refractivity contribution in [1.29, 1.82) is 5.26 Å². The van der Waals surface area contributed by atoms with E-state index in [2.05, 4.69) is 22.6 Å². The number of halogens is 2. The molecule has 0 radical (unpaired) electrons. The van der Waals surface area contributed by atoms with Crippen molar-refractivity contribution in [3.63, 3.8) is 0 Å². The normalized spacial score (nSPS) is 9.95. The van der Waals surface area contributed by atoms with Crippen molar-refractivity contribution in [3.05, 3.63) is 63.5 Å². The van der Waals surface area contributed by atoms with Crippen LogP contribution in [0.4, 0.5) is 10.1 Å². The SMILES string of the molecule is N#CCCN(C(=O)c1ccc(I)cc1)c1ccccc1F. The number of nitriles is 1. The Kier molecular flexibility index (Phi) is 5.28. The van der Waals surface area contributed by atoms with Gasteiger partial charge in [-0.25, -0.2) is 4.39 Å². The lowest BCUT2D eigenvalue weighted by Crippen LogP contribution is -2.32. The van der Waals surface area contributed by atoms with Gasteiger partial charge in [0, 0.05) is 15.7 Å². The van der Waals surface area contributed by atoms with Crippen molar-refractivity contribution in [1.82, 2.24) is 0 Å². The highest BCUT2D eigenvalue weighted by Gasteiger charge is 2.20. The minimum Gasteiger partial charge on any atom is -0.304 e. The third-order valence-corrected chi connectivity index (χ3v) is 3.65. The van der Waals surface area contributed by atoms with Gasteiger partial charge in [-0.3, -0.25) is 4.79 Å². The number of hydrogen-bond donors (Lipinski definition) is 0. The van der Waals surface area contributed by atoms with Crippen LogP contribution in [-0.2, 0) is 0 Å². The maximum atomic E-state index is 13.9. The Morgan fingerprint density at radius 1 is 1.19 bits per heavy atom. The van der Waals surface area contributed by atoms with Gasteiger partial charge >= 0.3 is 0 Å². The van der Waals surface area contributed by atoms with Gasteiger partial charge in [-0.15, -0.1) is 0 Å². The first-order chi connectivity index (χ1) is 10.1. The zero-order valence-electron chi connectivity index (χ0n) is 11.1. The van der Waals surface area contributed by atoms with Gasteiger partial charge in [-0.1, -0.05) is 12.1 Å². The molecule has 0 aliphatic heterocycles. The van der Waals surface area contributed by atoms with Crippen LogP contribution in [0.25, 0.3) is 0 Å². The van der Waals surface area contributed by atoms with Crippen LogP contribution >= 0.6 is 22.6 Å². The minimum absolute atomic E-state index is 0.143. The summed E-state index contributed by atoms with van der Waals surface area (Å²) in [6, 6.07) is 15.1. The first-order valence-electron chi connectivity index (χ1n) is 6.32. The molecule has 5 heteroatoms. The molecule has 0 aromatic heterocycles. The molecule has 2 aromatic carbocycles. The van der Waals surface area contributed by atoms with Gasteiger partial charge in [0.15, 0.2) is 0 Å². The maximum Gasteiger partial charge on any atom is 0.258 e. The van der Waals surface area contributed by atoms with Crippen LogP contribution < -0.4 is 4.90 Å². The molecule has 0 aliphatic carbocycles. The summed E-state index contributed by atoms with van der Waals surface area (Å²) in [7, 11) is 0. The molecular formula is C16H12FIN2O. The van der Waals surface area contributed by atoms with Crippen LogP contribution in [0.5, 0.6) is 0 Å². The van der Waals surface area contributed by atoms with Gasteiger partial charge in [0.05, 0.1) is 18.2 Å². The Hall–Kier alpha value is -1.94. The minimum atomic E-state index is -0.477. The molecule has 0 aliphatic rings. The molecule has 2 aromatic rings. The molecule has 1 amide bonds. The molecule has 0 atom stereocenters. The average Bonchev–Trinajstić information content (AvgIpc) is 2.50. The number of hydrogen-bond acceptors (Lipinski definition) is 2. The lowest BCUT2D eigenvalue weighted by Gasteiger charge is -2.22. The summed E-state index contributed by atoms with van der Waals surface area (Å²) in [5, 5.41) is 8.74. The highest BCUT2D eigenvalue weighted by atomic mass is 127. The summed E-state index contributed by atoms with van der Waals surface area (Å²) < 4.78 is 14.9. The zero-order chi connectivity index (χ0) is 15.2. The number of anilines is 1. The molecule has 106 valence electrons. The van der Waals surface area contributed by atoms with E-state index < -0.39 is 5.82 Å². The quantitative estimate of drug-likeness (QED) is 0.737. The van der Waals surface area contributed by atoms with E-state index in [1.165, 1.54) is 17.0 Å². The summed E-state index contributed by atoms with van der Waals surface area (Å²) in [5.41, 5.74) is 0.660. The van der Waals surface area contributed by atoms with Crippen LogP contribution in [0.1, 0.15) is 16.8 Å². The largest absolute Gasteiger partial charge is 0.304 e. The van der Waals surface area contributed by atoms with E-state index in [-0.39, 0.29) is 24.6 Å². The lowest BCUT2D eigenvalue weighted by atomic mass is 10.1. The summed E-state index contributed by atoms with van der Waals surface area (Å²) in [5.74, 6) is -0.791. The Balaban J connectivity index is 2.36. The van der Waals surface area contributed by atoms with Crippen LogP contribution in [0.3, 0.4) is 0 Å². The van der Waals surface area contributed by atoms with Gasteiger partial charge in [0.25, 0.3) is 5.91 Å². The van der Waals surface area contributed by atoms with E-state index in [1.807, 2.05) is 18.2 Å². The molecule has 0 unspecified atom stereocenters. The summed E-state index contributed by atoms with van der Waals surface area (Å²) >= 11 is 2.15. The zero-order valence-corrected chi connectivity index (χ0v) is 13.2. The van der Waals surface area contributed by atoms with Crippen molar-refractivity contribution in [3.8, 4) is 6.07 Å². The molecule has 0 saturated carbocycles. The summed E-state index contributed by atoms with van der Waals surface area (Å²) in [4.78, 5) is 13.9. The molecule has 0 bridgehead atoms. The fourth-order valence-corrected chi connectivity index (χ4v) is 2.27. The predicted molar refractivity (Wildman–Crippen MR) is 87.5 cm³/mol. The number of nitrogens with zero attached hydrogens (tertiary/aromatic N) is 2. The molecule has 3 nitrogen and oxygen atoms in total. The number of carbonyl (C=O) groups is 1. The fraction of sp³-hybridized carbons (Fsp3) is 0.125. The van der Waals surface area contributed by atoms with Crippen molar-refractivity contribution >= 4 is 34.2 Å². The summed E-state index contributed by atoms with van der Waals surface area (Å²) in [6.07, 6.45) is 0.143. The summed E-state index contributed by atoms with van der Waals surface area (Å²) in [6.45, 7) is 0.155. The molecule has 0 fully saturated rings. The van der Waals surface area contributed by atoms with Crippen LogP contribution in [0, 0.1) is 20.7 Å². The molecule has 0 saturated heterocycles. The second-order valence-electron chi connectivity index (χ2n) is 4.32. The van der Waals surface area contributed by atoms with Crippen LogP contribution in [0.15, 0.2) is 48.5 Å². The van der Waals surface area contributed by atoms with E-state index in [0.717, 1.165) is 3.57 Å². The van der Waals surface area contributed by atoms with Gasteiger partial charge in [0.2, 0.25) is 0 Å². The van der Waals surface area contributed by atoms with Gasteiger partial charge in [-0.05, 0) is 59.0 Å². The first kappa shape index (κ1) is 15.4. The Morgan fingerprint density at radius 3 is 2.48 bits per heavy atom. The van der Waals surface area contributed by atoms with E-state index in [9.17, 15) is 9.18 Å². The van der Waals surface area contributed by atoms with Crippen molar-refractivity contribution in [2.75, 3.05) is 11.4 Å². The number of rotatable bonds is 4. The Bertz CT molecular complexity index is 679. The Labute approximate surface area is 136 Å². The van der Waals surface area contributed by atoms with Gasteiger partial charge in [0.1, 0.15) is 5.82 Å². The molecule has 2 rings (SSSR count). The molecule has 0 spiro atoms. The van der Waals surface area contributed by atoms with E-state index in [1.54, 1.807) is 24.3 Å². The Morgan fingerprint density at radius 2 is 1.86 bits per heavy atom. The van der Waals surface area contributed by atoms with Gasteiger partial charge < -0.3 is 4.90 Å². The van der Waals surface area contributed by atoms with Crippen LogP contribution in [0.2, 0.25) is 0 Å². The van der Waals surface area contributed by atoms with E-state index in [4.69, 9.17) is 5.26 Å². The average molecular weight is 394 g/mol. The molecule has 21 heavy (non-hydrogen) atoms. The monoisotopic (exact) mass is 394 g/mol. The van der Waals surface area contributed by atoms with Crippen molar-refractivity contribution < 1.29 is 9.18 Å². The van der Waals surface area contributed by atoms with Crippen LogP contribution in [-0.4, -0.2) is 12.5 Å². The number of carbonyl (C=O) groups excluding carboxylic acids is 1. The third-order valence-electron chi connectivity index (χ3n) is 2.93. The molecule has 0 heterocycles. The maximum absolute atomic E-state index is 13.9. The standard InChI is InChI=1S/C16H12FIN2O/c17-14-4-1-2-5-15(14)20(11-3-10-19)16(21)12-6-8-13(18)9-7-12/h1-2,4-9H,3,11H2. The third kappa shape index (κ3) is 3.79. The predicted octanol–water partition coefficient (Wildman–Crippen LogP) is 3.99. The van der Waals surface area contributed by atoms with Crippen molar-refractivity contribution in [2.24, 2.45) is 0 Å². The highest BCUT2D eigenvalue weighted by Crippen LogP contribution is 2.21. The van der Waals surface area contributed by atoms with E-state index in [0.29, 0.717) is 5.56 Å². The van der Waals surface area contributed by atoms with Crippen molar-refractivity contribution in [2.45, 2.75) is 6.42 Å². The topological polar surface area (TPSA) is 44.1 Å². The smallest absolute Gasteiger partial charge is 0.258 e. The van der Waals surface area contributed by atoms with E-state index >= 15 is 0 Å².